The van der Waals surface area contributed by atoms with Crippen LogP contribution in [0.15, 0.2) is 67.0 Å². The Kier molecular flexibility index (Phi) is 9.57. The molecule has 1 aliphatic heterocycles. The average molecular weight is 624 g/mol. The molecule has 44 heavy (non-hydrogen) atoms. The lowest BCUT2D eigenvalue weighted by atomic mass is 10.0. The number of amides is 2. The van der Waals surface area contributed by atoms with Crippen molar-refractivity contribution in [3.8, 4) is 0 Å². The van der Waals surface area contributed by atoms with Crippen molar-refractivity contribution in [2.45, 2.75) is 26.6 Å². The number of carbonyl (C=O) groups excluding carboxylic acids is 2. The van der Waals surface area contributed by atoms with E-state index in [1.165, 1.54) is 24.4 Å². The molecule has 0 saturated carbocycles. The second-order valence-electron chi connectivity index (χ2n) is 10.4. The van der Waals surface area contributed by atoms with E-state index >= 15 is 0 Å². The number of hydrogen-bond acceptors (Lipinski definition) is 8. The molecule has 0 spiro atoms. The Morgan fingerprint density at radius 3 is 2.41 bits per heavy atom. The highest BCUT2D eigenvalue weighted by Gasteiger charge is 2.34. The normalized spacial score (nSPS) is 14.3. The Labute approximate surface area is 257 Å². The van der Waals surface area contributed by atoms with Gasteiger partial charge in [-0.15, -0.1) is 0 Å². The molecule has 0 radical (unpaired) electrons. The molecular formula is C31H32F3N7O2S. The standard InChI is InChI=1S/C31H32F3N7O2S/c1-3-40-12-14-41(15-13-40)19-22-9-10-23(17-24(22)31(32,33)34)37-28(42)21-8-7-20(2)25(16-21)38-29(43)26-18-36-30(44-26)39-27-6-4-5-11-35-27/h4-11,16-18H,3,12-15,19H2,1-2H3,(H,37,42)(H,38,43)(H,35,36,39). The molecule has 9 nitrogen and oxygen atoms in total. The van der Waals surface area contributed by atoms with Crippen molar-refractivity contribution in [1.82, 2.24) is 19.8 Å². The quantitative estimate of drug-likeness (QED) is 0.203. The van der Waals surface area contributed by atoms with Gasteiger partial charge in [-0.3, -0.25) is 14.5 Å². The summed E-state index contributed by atoms with van der Waals surface area (Å²) in [6.07, 6.45) is -1.51. The highest BCUT2D eigenvalue weighted by molar-refractivity contribution is 7.17. The van der Waals surface area contributed by atoms with Crippen LogP contribution in [0, 0.1) is 6.92 Å². The third-order valence-electron chi connectivity index (χ3n) is 7.36. The molecule has 0 aliphatic carbocycles. The van der Waals surface area contributed by atoms with Crippen molar-refractivity contribution in [1.29, 1.82) is 0 Å². The molecule has 4 aromatic rings. The van der Waals surface area contributed by atoms with Gasteiger partial charge >= 0.3 is 6.18 Å². The van der Waals surface area contributed by atoms with Gasteiger partial charge < -0.3 is 20.9 Å². The molecule has 230 valence electrons. The first kappa shape index (κ1) is 31.1. The van der Waals surface area contributed by atoms with Gasteiger partial charge in [-0.2, -0.15) is 13.2 Å². The number of benzene rings is 2. The van der Waals surface area contributed by atoms with Gasteiger partial charge in [0.25, 0.3) is 11.8 Å². The molecule has 3 heterocycles. The van der Waals surface area contributed by atoms with Crippen LogP contribution in [0.1, 0.15) is 43.6 Å². The Hall–Kier alpha value is -4.33. The number of piperazine rings is 1. The third-order valence-corrected chi connectivity index (χ3v) is 8.27. The van der Waals surface area contributed by atoms with Gasteiger partial charge in [0.15, 0.2) is 5.13 Å². The van der Waals surface area contributed by atoms with E-state index in [1.807, 2.05) is 11.0 Å². The molecule has 5 rings (SSSR count). The summed E-state index contributed by atoms with van der Waals surface area (Å²) in [4.78, 5) is 39.0. The summed E-state index contributed by atoms with van der Waals surface area (Å²) in [6.45, 7) is 7.97. The summed E-state index contributed by atoms with van der Waals surface area (Å²) in [6, 6.07) is 14.0. The van der Waals surface area contributed by atoms with Crippen LogP contribution in [-0.4, -0.2) is 64.3 Å². The number of alkyl halides is 3. The smallest absolute Gasteiger partial charge is 0.322 e. The summed E-state index contributed by atoms with van der Waals surface area (Å²) in [5, 5.41) is 8.89. The monoisotopic (exact) mass is 623 g/mol. The minimum atomic E-state index is -4.58. The zero-order valence-electron chi connectivity index (χ0n) is 24.2. The van der Waals surface area contributed by atoms with Crippen LogP contribution < -0.4 is 16.0 Å². The number of nitrogens with one attached hydrogen (secondary N) is 3. The maximum Gasteiger partial charge on any atom is 0.416 e. The fraction of sp³-hybridized carbons (Fsp3) is 0.290. The molecule has 2 aromatic carbocycles. The second-order valence-corrected chi connectivity index (χ2v) is 11.4. The zero-order valence-corrected chi connectivity index (χ0v) is 25.1. The lowest BCUT2D eigenvalue weighted by molar-refractivity contribution is -0.138. The number of nitrogens with zero attached hydrogens (tertiary/aromatic N) is 4. The van der Waals surface area contributed by atoms with Crippen LogP contribution >= 0.6 is 11.3 Å². The fourth-order valence-corrected chi connectivity index (χ4v) is 5.55. The predicted molar refractivity (Wildman–Crippen MR) is 166 cm³/mol. The molecule has 1 saturated heterocycles. The van der Waals surface area contributed by atoms with E-state index in [0.717, 1.165) is 37.0 Å². The molecule has 2 amide bonds. The zero-order chi connectivity index (χ0) is 31.3. The van der Waals surface area contributed by atoms with Crippen LogP contribution in [0.2, 0.25) is 0 Å². The first-order valence-corrected chi connectivity index (χ1v) is 14.9. The largest absolute Gasteiger partial charge is 0.416 e. The SMILES string of the molecule is CCN1CCN(Cc2ccc(NC(=O)c3ccc(C)c(NC(=O)c4cnc(Nc5ccccn5)s4)c3)cc2C(F)(F)F)CC1. The number of aryl methyl sites for hydroxylation is 1. The number of halogens is 3. The van der Waals surface area contributed by atoms with Crippen LogP contribution in [-0.2, 0) is 12.7 Å². The van der Waals surface area contributed by atoms with Gasteiger partial charge in [0.1, 0.15) is 10.7 Å². The number of thiazole rings is 1. The Morgan fingerprint density at radius 2 is 1.70 bits per heavy atom. The summed E-state index contributed by atoms with van der Waals surface area (Å²) in [5.41, 5.74) is 0.707. The van der Waals surface area contributed by atoms with E-state index in [-0.39, 0.29) is 23.4 Å². The first-order valence-electron chi connectivity index (χ1n) is 14.1. The van der Waals surface area contributed by atoms with Crippen molar-refractivity contribution in [2.75, 3.05) is 48.7 Å². The van der Waals surface area contributed by atoms with Crippen molar-refractivity contribution >= 4 is 45.5 Å². The Balaban J connectivity index is 1.26. The minimum absolute atomic E-state index is 0.0330. The Bertz CT molecular complexity index is 1620. The number of carbonyl (C=O) groups is 2. The molecule has 0 bridgehead atoms. The molecular weight excluding hydrogens is 591 g/mol. The lowest BCUT2D eigenvalue weighted by Gasteiger charge is -2.34. The van der Waals surface area contributed by atoms with Crippen LogP contribution in [0.5, 0.6) is 0 Å². The molecule has 2 aromatic heterocycles. The number of hydrogen-bond donors (Lipinski definition) is 3. The van der Waals surface area contributed by atoms with Gasteiger partial charge in [0, 0.05) is 55.9 Å². The van der Waals surface area contributed by atoms with E-state index in [2.05, 4.69) is 37.7 Å². The second kappa shape index (κ2) is 13.5. The molecule has 1 fully saturated rings. The maximum absolute atomic E-state index is 14.0. The Morgan fingerprint density at radius 1 is 0.932 bits per heavy atom. The van der Waals surface area contributed by atoms with E-state index in [1.54, 1.807) is 37.4 Å². The molecule has 13 heteroatoms. The number of likely N-dealkylation sites (N-methyl/N-ethyl adjacent to an activating group) is 1. The van der Waals surface area contributed by atoms with Gasteiger partial charge in [0.2, 0.25) is 0 Å². The topological polar surface area (TPSA) is 102 Å². The van der Waals surface area contributed by atoms with Crippen LogP contribution in [0.4, 0.5) is 35.5 Å². The van der Waals surface area contributed by atoms with E-state index < -0.39 is 23.6 Å². The minimum Gasteiger partial charge on any atom is -0.322 e. The summed E-state index contributed by atoms with van der Waals surface area (Å²) >= 11 is 1.14. The summed E-state index contributed by atoms with van der Waals surface area (Å²) in [5.74, 6) is -0.429. The van der Waals surface area contributed by atoms with Gasteiger partial charge in [-0.1, -0.05) is 36.5 Å². The lowest BCUT2D eigenvalue weighted by Crippen LogP contribution is -2.45. The maximum atomic E-state index is 14.0. The highest BCUT2D eigenvalue weighted by Crippen LogP contribution is 2.35. The van der Waals surface area contributed by atoms with Gasteiger partial charge in [-0.25, -0.2) is 9.97 Å². The highest BCUT2D eigenvalue weighted by atomic mass is 32.1. The molecule has 3 N–H and O–H groups in total. The van der Waals surface area contributed by atoms with Gasteiger partial charge in [-0.05, 0) is 61.0 Å². The van der Waals surface area contributed by atoms with E-state index in [4.69, 9.17) is 0 Å². The summed E-state index contributed by atoms with van der Waals surface area (Å²) in [7, 11) is 0. The predicted octanol–water partition coefficient (Wildman–Crippen LogP) is 6.25. The fourth-order valence-electron chi connectivity index (χ4n) is 4.83. The molecule has 0 unspecified atom stereocenters. The third kappa shape index (κ3) is 7.78. The van der Waals surface area contributed by atoms with Crippen molar-refractivity contribution in [3.63, 3.8) is 0 Å². The first-order chi connectivity index (χ1) is 21.1. The van der Waals surface area contributed by atoms with Crippen molar-refractivity contribution in [2.24, 2.45) is 0 Å². The number of rotatable bonds is 9. The average Bonchev–Trinajstić information content (AvgIpc) is 3.48. The summed E-state index contributed by atoms with van der Waals surface area (Å²) < 4.78 is 42.1. The van der Waals surface area contributed by atoms with Crippen molar-refractivity contribution in [3.05, 3.63) is 94.1 Å². The number of aromatic nitrogens is 2. The van der Waals surface area contributed by atoms with Crippen molar-refractivity contribution < 1.29 is 22.8 Å². The van der Waals surface area contributed by atoms with Crippen LogP contribution in [0.3, 0.4) is 0 Å². The van der Waals surface area contributed by atoms with E-state index in [9.17, 15) is 22.8 Å². The van der Waals surface area contributed by atoms with Gasteiger partial charge in [0.05, 0.1) is 11.8 Å². The van der Waals surface area contributed by atoms with E-state index in [0.29, 0.717) is 40.2 Å². The number of pyridine rings is 1. The molecule has 0 atom stereocenters. The number of anilines is 4. The van der Waals surface area contributed by atoms with Crippen LogP contribution in [0.25, 0.3) is 0 Å². The molecule has 1 aliphatic rings.